The number of aliphatic hydroxyl groups is 1. The Morgan fingerprint density at radius 3 is 2.71 bits per heavy atom. The van der Waals surface area contributed by atoms with E-state index < -0.39 is 6.23 Å². The molecule has 21 heavy (non-hydrogen) atoms. The summed E-state index contributed by atoms with van der Waals surface area (Å²) >= 11 is 0. The molecule has 1 unspecified atom stereocenters. The molecule has 1 heterocycles. The van der Waals surface area contributed by atoms with Gasteiger partial charge in [-0.05, 0) is 29.3 Å². The van der Waals surface area contributed by atoms with E-state index in [4.69, 9.17) is 0 Å². The number of aromatic nitrogens is 2. The van der Waals surface area contributed by atoms with Gasteiger partial charge in [0.2, 0.25) is 5.95 Å². The Morgan fingerprint density at radius 1 is 1.10 bits per heavy atom. The normalized spacial score (nSPS) is 12.3. The van der Waals surface area contributed by atoms with Crippen LogP contribution < -0.4 is 5.32 Å². The first-order chi connectivity index (χ1) is 10.3. The molecule has 1 atom stereocenters. The molecule has 0 fully saturated rings. The number of hydrogen-bond donors (Lipinski definition) is 2. The van der Waals surface area contributed by atoms with Gasteiger partial charge in [-0.25, -0.2) is 9.97 Å². The summed E-state index contributed by atoms with van der Waals surface area (Å²) in [6, 6.07) is 16.3. The highest BCUT2D eigenvalue weighted by molar-refractivity contribution is 5.86. The Labute approximate surface area is 123 Å². The third-order valence-corrected chi connectivity index (χ3v) is 3.38. The van der Waals surface area contributed by atoms with Gasteiger partial charge in [0.1, 0.15) is 6.23 Å². The van der Waals surface area contributed by atoms with Gasteiger partial charge < -0.3 is 10.4 Å². The molecule has 106 valence electrons. The van der Waals surface area contributed by atoms with Crippen molar-refractivity contribution in [1.82, 2.24) is 9.97 Å². The molecule has 0 saturated heterocycles. The number of fused-ring (bicyclic) bond motifs is 1. The van der Waals surface area contributed by atoms with Crippen LogP contribution in [0.5, 0.6) is 0 Å². The predicted octanol–water partition coefficient (Wildman–Crippen LogP) is 3.44. The summed E-state index contributed by atoms with van der Waals surface area (Å²) in [5.74, 6) is 0.440. The summed E-state index contributed by atoms with van der Waals surface area (Å²) in [6.07, 6.45) is 1.67. The molecule has 0 aliphatic heterocycles. The second kappa shape index (κ2) is 5.89. The molecule has 0 amide bonds. The lowest BCUT2D eigenvalue weighted by Crippen LogP contribution is -2.18. The van der Waals surface area contributed by atoms with Gasteiger partial charge in [-0.2, -0.15) is 0 Å². The molecule has 0 bridgehead atoms. The quantitative estimate of drug-likeness (QED) is 0.718. The van der Waals surface area contributed by atoms with Crippen LogP contribution in [0.4, 0.5) is 5.95 Å². The second-order valence-electron chi connectivity index (χ2n) is 4.90. The first-order valence-electron chi connectivity index (χ1n) is 7.03. The van der Waals surface area contributed by atoms with E-state index in [-0.39, 0.29) is 0 Å². The Morgan fingerprint density at radius 2 is 1.90 bits per heavy atom. The van der Waals surface area contributed by atoms with E-state index in [1.54, 1.807) is 6.20 Å². The first kappa shape index (κ1) is 13.5. The summed E-state index contributed by atoms with van der Waals surface area (Å²) < 4.78 is 0. The van der Waals surface area contributed by atoms with Crippen molar-refractivity contribution in [3.8, 4) is 11.3 Å². The highest BCUT2D eigenvalue weighted by Crippen LogP contribution is 2.23. The lowest BCUT2D eigenvalue weighted by Gasteiger charge is -2.11. The summed E-state index contributed by atoms with van der Waals surface area (Å²) in [4.78, 5) is 8.59. The zero-order valence-electron chi connectivity index (χ0n) is 11.8. The number of anilines is 1. The van der Waals surface area contributed by atoms with E-state index in [1.165, 1.54) is 10.8 Å². The minimum Gasteiger partial charge on any atom is -0.374 e. The SMILES string of the molecule is CCC(O)Nc1nccc(-c2ccc3ccccc3c2)n1. The van der Waals surface area contributed by atoms with Crippen LogP contribution in [-0.4, -0.2) is 21.3 Å². The Kier molecular flexibility index (Phi) is 3.79. The van der Waals surface area contributed by atoms with Crippen molar-refractivity contribution in [2.75, 3.05) is 5.32 Å². The van der Waals surface area contributed by atoms with Crippen molar-refractivity contribution in [2.45, 2.75) is 19.6 Å². The van der Waals surface area contributed by atoms with Crippen LogP contribution in [0.3, 0.4) is 0 Å². The van der Waals surface area contributed by atoms with Crippen molar-refractivity contribution < 1.29 is 5.11 Å². The van der Waals surface area contributed by atoms with Gasteiger partial charge in [0, 0.05) is 11.8 Å². The lowest BCUT2D eigenvalue weighted by molar-refractivity contribution is 0.198. The molecule has 0 spiro atoms. The van der Waals surface area contributed by atoms with Crippen LogP contribution in [0.15, 0.2) is 54.7 Å². The van der Waals surface area contributed by atoms with Gasteiger partial charge in [0.15, 0.2) is 0 Å². The molecule has 3 aromatic rings. The number of nitrogens with one attached hydrogen (secondary N) is 1. The van der Waals surface area contributed by atoms with Crippen LogP contribution in [-0.2, 0) is 0 Å². The van der Waals surface area contributed by atoms with E-state index in [2.05, 4.69) is 39.6 Å². The van der Waals surface area contributed by atoms with Gasteiger partial charge in [0.25, 0.3) is 0 Å². The average molecular weight is 279 g/mol. The number of hydrogen-bond acceptors (Lipinski definition) is 4. The molecule has 3 rings (SSSR count). The van der Waals surface area contributed by atoms with E-state index >= 15 is 0 Å². The van der Waals surface area contributed by atoms with Crippen molar-refractivity contribution in [2.24, 2.45) is 0 Å². The molecule has 4 nitrogen and oxygen atoms in total. The molecule has 4 heteroatoms. The largest absolute Gasteiger partial charge is 0.374 e. The van der Waals surface area contributed by atoms with Gasteiger partial charge in [-0.15, -0.1) is 0 Å². The molecule has 0 saturated carbocycles. The highest BCUT2D eigenvalue weighted by atomic mass is 16.3. The van der Waals surface area contributed by atoms with Crippen molar-refractivity contribution in [3.05, 3.63) is 54.7 Å². The average Bonchev–Trinajstić information content (AvgIpc) is 2.54. The summed E-state index contributed by atoms with van der Waals surface area (Å²) in [5.41, 5.74) is 1.87. The maximum absolute atomic E-state index is 9.62. The minimum absolute atomic E-state index is 0.440. The molecule has 1 aromatic heterocycles. The maximum Gasteiger partial charge on any atom is 0.225 e. The van der Waals surface area contributed by atoms with Gasteiger partial charge in [-0.1, -0.05) is 43.3 Å². The fraction of sp³-hybridized carbons (Fsp3) is 0.176. The van der Waals surface area contributed by atoms with Crippen molar-refractivity contribution in [3.63, 3.8) is 0 Å². The van der Waals surface area contributed by atoms with Crippen LogP contribution >= 0.6 is 0 Å². The summed E-state index contributed by atoms with van der Waals surface area (Å²) in [6.45, 7) is 1.89. The molecule has 2 N–H and O–H groups in total. The smallest absolute Gasteiger partial charge is 0.225 e. The van der Waals surface area contributed by atoms with Crippen LogP contribution in [0.1, 0.15) is 13.3 Å². The molecule has 0 aliphatic rings. The number of benzene rings is 2. The molecular weight excluding hydrogens is 262 g/mol. The van der Waals surface area contributed by atoms with E-state index in [0.29, 0.717) is 12.4 Å². The van der Waals surface area contributed by atoms with Gasteiger partial charge in [0.05, 0.1) is 5.69 Å². The fourth-order valence-electron chi connectivity index (χ4n) is 2.19. The third-order valence-electron chi connectivity index (χ3n) is 3.38. The minimum atomic E-state index is -0.628. The number of nitrogens with zero attached hydrogens (tertiary/aromatic N) is 2. The predicted molar refractivity (Wildman–Crippen MR) is 84.9 cm³/mol. The summed E-state index contributed by atoms with van der Waals surface area (Å²) in [7, 11) is 0. The van der Waals surface area contributed by atoms with Gasteiger partial charge in [-0.3, -0.25) is 0 Å². The van der Waals surface area contributed by atoms with E-state index in [1.807, 2.05) is 31.2 Å². The Hall–Kier alpha value is -2.46. The standard InChI is InChI=1S/C17H17N3O/c1-2-16(21)20-17-18-10-9-15(19-17)14-8-7-12-5-3-4-6-13(12)11-14/h3-11,16,21H,2H2,1H3,(H,18,19,20). The molecule has 2 aromatic carbocycles. The maximum atomic E-state index is 9.62. The van der Waals surface area contributed by atoms with Crippen LogP contribution in [0.2, 0.25) is 0 Å². The van der Waals surface area contributed by atoms with Crippen LogP contribution in [0.25, 0.3) is 22.0 Å². The molecule has 0 radical (unpaired) electrons. The zero-order valence-corrected chi connectivity index (χ0v) is 11.8. The second-order valence-corrected chi connectivity index (χ2v) is 4.90. The van der Waals surface area contributed by atoms with E-state index in [9.17, 15) is 5.11 Å². The zero-order chi connectivity index (χ0) is 14.7. The summed E-state index contributed by atoms with van der Waals surface area (Å²) in [5, 5.41) is 14.9. The lowest BCUT2D eigenvalue weighted by atomic mass is 10.1. The topological polar surface area (TPSA) is 58.0 Å². The van der Waals surface area contributed by atoms with Crippen molar-refractivity contribution >= 4 is 16.7 Å². The Bertz CT molecular complexity index is 758. The first-order valence-corrected chi connectivity index (χ1v) is 7.03. The third kappa shape index (κ3) is 3.01. The molecule has 0 aliphatic carbocycles. The number of rotatable bonds is 4. The van der Waals surface area contributed by atoms with E-state index in [0.717, 1.165) is 11.3 Å². The van der Waals surface area contributed by atoms with Gasteiger partial charge >= 0.3 is 0 Å². The number of aliphatic hydroxyl groups excluding tert-OH is 1. The monoisotopic (exact) mass is 279 g/mol. The Balaban J connectivity index is 1.96. The molecular formula is C17H17N3O. The van der Waals surface area contributed by atoms with Crippen LogP contribution in [0, 0.1) is 0 Å². The van der Waals surface area contributed by atoms with Crippen molar-refractivity contribution in [1.29, 1.82) is 0 Å². The fourth-order valence-corrected chi connectivity index (χ4v) is 2.19. The highest BCUT2D eigenvalue weighted by Gasteiger charge is 2.06.